The number of rotatable bonds is 7. The Bertz CT molecular complexity index is 1760. The summed E-state index contributed by atoms with van der Waals surface area (Å²) in [5.41, 5.74) is -1.06. The number of aromatic nitrogens is 2. The average molecular weight is 636 g/mol. The van der Waals surface area contributed by atoms with Crippen LogP contribution in [0.3, 0.4) is 0 Å². The van der Waals surface area contributed by atoms with Gasteiger partial charge in [-0.2, -0.15) is 9.97 Å². The number of phenolic OH excluding ortho intramolecular Hbond substituents is 1. The molecule has 1 aromatic heterocycles. The van der Waals surface area contributed by atoms with Gasteiger partial charge in [0.15, 0.2) is 11.5 Å². The van der Waals surface area contributed by atoms with Gasteiger partial charge in [0.05, 0.1) is 18.2 Å². The third-order valence-corrected chi connectivity index (χ3v) is 10.2. The van der Waals surface area contributed by atoms with E-state index in [0.717, 1.165) is 36.5 Å². The highest BCUT2D eigenvalue weighted by Gasteiger charge is 2.42. The molecule has 0 spiro atoms. The van der Waals surface area contributed by atoms with Gasteiger partial charge in [0.25, 0.3) is 0 Å². The number of hydrogen-bond donors (Lipinski definition) is 2. The summed E-state index contributed by atoms with van der Waals surface area (Å²) in [5.74, 6) is -0.125. The van der Waals surface area contributed by atoms with Crippen LogP contribution in [0.5, 0.6) is 11.8 Å². The monoisotopic (exact) mass is 635 g/mol. The van der Waals surface area contributed by atoms with Crippen LogP contribution in [-0.4, -0.2) is 89.3 Å². The van der Waals surface area contributed by atoms with Gasteiger partial charge in [-0.15, -0.1) is 0 Å². The summed E-state index contributed by atoms with van der Waals surface area (Å²) in [4.78, 5) is 13.6. The fourth-order valence-electron chi connectivity index (χ4n) is 7.80. The summed E-state index contributed by atoms with van der Waals surface area (Å²) in [5, 5.41) is 16.3. The Labute approximate surface area is 265 Å². The molecule has 3 aromatic carbocycles. The number of halogens is 3. The van der Waals surface area contributed by atoms with Gasteiger partial charge in [-0.25, -0.2) is 8.78 Å². The standard InChI is InChI=1S/C34H36ClF2N5O3/c1-34(37,17-42-22-8-9-23(42)16-44-15-22)18-45-33-39-31-27(32(40-33)41-13-20-6-7-21(14-41)38-20)12-28(35)29(30(31)36)26-11-24(43)10-19-4-2-3-5-25(19)26/h2-5,10-12,20-23,38,43H,6-9,13-18H2,1H3/t20?,21?,22?,23?,34-/m1/s1. The lowest BCUT2D eigenvalue weighted by molar-refractivity contribution is -0.0458. The fourth-order valence-corrected chi connectivity index (χ4v) is 8.09. The van der Waals surface area contributed by atoms with Crippen LogP contribution >= 0.6 is 11.6 Å². The van der Waals surface area contributed by atoms with E-state index in [1.807, 2.05) is 24.3 Å². The minimum atomic E-state index is -1.69. The number of benzene rings is 3. The van der Waals surface area contributed by atoms with Crippen LogP contribution in [0.15, 0.2) is 42.5 Å². The van der Waals surface area contributed by atoms with Crippen LogP contribution < -0.4 is 15.0 Å². The number of fused-ring (bicyclic) bond motifs is 6. The van der Waals surface area contributed by atoms with Gasteiger partial charge < -0.3 is 24.8 Å². The summed E-state index contributed by atoms with van der Waals surface area (Å²) >= 11 is 6.86. The smallest absolute Gasteiger partial charge is 0.319 e. The number of piperazine rings is 1. The van der Waals surface area contributed by atoms with Crippen molar-refractivity contribution in [3.8, 4) is 22.9 Å². The quantitative estimate of drug-likeness (QED) is 0.261. The van der Waals surface area contributed by atoms with Gasteiger partial charge in [-0.3, -0.25) is 4.90 Å². The topological polar surface area (TPSA) is 83.0 Å². The zero-order valence-corrected chi connectivity index (χ0v) is 25.9. The first-order valence-electron chi connectivity index (χ1n) is 15.8. The highest BCUT2D eigenvalue weighted by atomic mass is 35.5. The number of alkyl halides is 1. The second-order valence-electron chi connectivity index (χ2n) is 13.3. The first kappa shape index (κ1) is 29.1. The highest BCUT2D eigenvalue weighted by molar-refractivity contribution is 6.35. The number of ether oxygens (including phenoxy) is 2. The van der Waals surface area contributed by atoms with Gasteiger partial charge in [0.1, 0.15) is 23.7 Å². The molecule has 4 unspecified atom stereocenters. The molecule has 0 radical (unpaired) electrons. The molecule has 4 saturated heterocycles. The summed E-state index contributed by atoms with van der Waals surface area (Å²) in [7, 11) is 0. The summed E-state index contributed by atoms with van der Waals surface area (Å²) < 4.78 is 44.5. The first-order chi connectivity index (χ1) is 21.7. The molecule has 4 bridgehead atoms. The van der Waals surface area contributed by atoms with E-state index in [1.54, 1.807) is 12.1 Å². The Morgan fingerprint density at radius 2 is 1.78 bits per heavy atom. The number of aromatic hydroxyl groups is 1. The summed E-state index contributed by atoms with van der Waals surface area (Å²) in [6.07, 6.45) is 4.12. The van der Waals surface area contributed by atoms with Crippen molar-refractivity contribution in [2.75, 3.05) is 44.4 Å². The van der Waals surface area contributed by atoms with Crippen molar-refractivity contribution in [2.45, 2.75) is 62.4 Å². The average Bonchev–Trinajstić information content (AvgIpc) is 3.44. The maximum absolute atomic E-state index is 16.8. The minimum absolute atomic E-state index is 0.00103. The number of hydrogen-bond acceptors (Lipinski definition) is 8. The maximum Gasteiger partial charge on any atom is 0.319 e. The molecule has 11 heteroatoms. The number of nitrogens with one attached hydrogen (secondary N) is 1. The van der Waals surface area contributed by atoms with E-state index in [1.165, 1.54) is 13.0 Å². The Morgan fingerprint density at radius 1 is 1.04 bits per heavy atom. The van der Waals surface area contributed by atoms with Gasteiger partial charge in [-0.1, -0.05) is 35.9 Å². The third kappa shape index (κ3) is 5.35. The SMILES string of the molecule is C[C@](F)(COc1nc(N2CC3CCC(C2)N3)c2cc(Cl)c(-c3cc(O)cc4ccccc34)c(F)c2n1)CN1C2CCC1COC2. The van der Waals surface area contributed by atoms with E-state index in [4.69, 9.17) is 26.1 Å². The van der Waals surface area contributed by atoms with E-state index in [9.17, 15) is 5.11 Å². The van der Waals surface area contributed by atoms with Gasteiger partial charge in [0.2, 0.25) is 0 Å². The van der Waals surface area contributed by atoms with Crippen LogP contribution in [-0.2, 0) is 4.74 Å². The van der Waals surface area contributed by atoms with Crippen LogP contribution in [0.4, 0.5) is 14.6 Å². The van der Waals surface area contributed by atoms with E-state index in [-0.39, 0.29) is 53.1 Å². The molecule has 236 valence electrons. The zero-order valence-electron chi connectivity index (χ0n) is 25.1. The molecule has 4 aliphatic heterocycles. The molecular formula is C34H36ClF2N5O3. The fraction of sp³-hybridized carbons (Fsp3) is 0.471. The molecule has 5 heterocycles. The normalized spacial score (nSPS) is 26.1. The van der Waals surface area contributed by atoms with Crippen molar-refractivity contribution in [1.82, 2.24) is 20.2 Å². The predicted molar refractivity (Wildman–Crippen MR) is 171 cm³/mol. The molecule has 8 rings (SSSR count). The zero-order chi connectivity index (χ0) is 30.9. The van der Waals surface area contributed by atoms with Gasteiger partial charge in [0, 0.05) is 54.8 Å². The minimum Gasteiger partial charge on any atom is -0.508 e. The lowest BCUT2D eigenvalue weighted by Crippen LogP contribution is -2.52. The molecule has 0 amide bonds. The van der Waals surface area contributed by atoms with Gasteiger partial charge >= 0.3 is 6.01 Å². The van der Waals surface area contributed by atoms with Crippen molar-refractivity contribution >= 4 is 39.1 Å². The predicted octanol–water partition coefficient (Wildman–Crippen LogP) is 5.86. The Hall–Kier alpha value is -3.31. The van der Waals surface area contributed by atoms with Gasteiger partial charge in [-0.05, 0) is 67.1 Å². The molecule has 4 aliphatic rings. The number of anilines is 1. The van der Waals surface area contributed by atoms with Crippen LogP contribution in [0.1, 0.15) is 32.6 Å². The molecule has 8 nitrogen and oxygen atoms in total. The van der Waals surface area contributed by atoms with Crippen molar-refractivity contribution in [1.29, 1.82) is 0 Å². The van der Waals surface area contributed by atoms with Crippen LogP contribution in [0.25, 0.3) is 32.8 Å². The van der Waals surface area contributed by atoms with Crippen LogP contribution in [0, 0.1) is 5.82 Å². The molecule has 0 aliphatic carbocycles. The molecule has 4 fully saturated rings. The van der Waals surface area contributed by atoms with Crippen molar-refractivity contribution in [3.63, 3.8) is 0 Å². The Kier molecular flexibility index (Phi) is 7.24. The molecule has 2 N–H and O–H groups in total. The Balaban J connectivity index is 1.20. The molecule has 45 heavy (non-hydrogen) atoms. The second-order valence-corrected chi connectivity index (χ2v) is 13.7. The lowest BCUT2D eigenvalue weighted by atomic mass is 9.96. The van der Waals surface area contributed by atoms with Crippen LogP contribution in [0.2, 0.25) is 5.02 Å². The lowest BCUT2D eigenvalue weighted by Gasteiger charge is -2.38. The van der Waals surface area contributed by atoms with Crippen molar-refractivity contribution < 1.29 is 23.4 Å². The largest absolute Gasteiger partial charge is 0.508 e. The Morgan fingerprint density at radius 3 is 2.53 bits per heavy atom. The number of morpholine rings is 1. The van der Waals surface area contributed by atoms with E-state index < -0.39 is 11.5 Å². The number of phenols is 1. The van der Waals surface area contributed by atoms with Crippen molar-refractivity contribution in [3.05, 3.63) is 53.3 Å². The molecule has 4 aromatic rings. The first-order valence-corrected chi connectivity index (χ1v) is 16.2. The van der Waals surface area contributed by atoms with E-state index >= 15 is 8.78 Å². The summed E-state index contributed by atoms with van der Waals surface area (Å²) in [6.45, 7) is 4.10. The number of nitrogens with zero attached hydrogens (tertiary/aromatic N) is 4. The molecular weight excluding hydrogens is 600 g/mol. The maximum atomic E-state index is 16.8. The van der Waals surface area contributed by atoms with E-state index in [0.29, 0.717) is 55.2 Å². The summed E-state index contributed by atoms with van der Waals surface area (Å²) in [6, 6.07) is 13.2. The van der Waals surface area contributed by atoms with Crippen molar-refractivity contribution in [2.24, 2.45) is 0 Å². The van der Waals surface area contributed by atoms with E-state index in [2.05, 4.69) is 20.1 Å². The molecule has 5 atom stereocenters. The third-order valence-electron chi connectivity index (χ3n) is 9.88. The second kappa shape index (κ2) is 11.2. The highest BCUT2D eigenvalue weighted by Crippen LogP contribution is 2.43. The molecule has 0 saturated carbocycles.